The van der Waals surface area contributed by atoms with E-state index < -0.39 is 10.8 Å². The van der Waals surface area contributed by atoms with Gasteiger partial charge in [0, 0.05) is 29.1 Å². The largest absolute Gasteiger partial charge is 0.380 e. The lowest BCUT2D eigenvalue weighted by Gasteiger charge is -2.00. The first-order valence-electron chi connectivity index (χ1n) is 3.65. The Bertz CT molecular complexity index is 266. The molecule has 1 atom stereocenters. The third-order valence-corrected chi connectivity index (χ3v) is 2.50. The van der Waals surface area contributed by atoms with Crippen molar-refractivity contribution in [1.82, 2.24) is 0 Å². The zero-order valence-electron chi connectivity index (χ0n) is 7.24. The smallest absolute Gasteiger partial charge is 0.0713 e. The molecule has 66 valence electrons. The van der Waals surface area contributed by atoms with Gasteiger partial charge in [-0.1, -0.05) is 12.1 Å². The topological polar surface area (TPSA) is 26.3 Å². The summed E-state index contributed by atoms with van der Waals surface area (Å²) in [6.45, 7) is 0.608. The predicted molar refractivity (Wildman–Crippen MR) is 49.5 cm³/mol. The van der Waals surface area contributed by atoms with Gasteiger partial charge in [-0.15, -0.1) is 0 Å². The summed E-state index contributed by atoms with van der Waals surface area (Å²) in [7, 11) is 0.777. The first kappa shape index (κ1) is 9.42. The third kappa shape index (κ3) is 2.43. The van der Waals surface area contributed by atoms with Crippen LogP contribution in [-0.2, 0) is 22.1 Å². The van der Waals surface area contributed by atoms with Gasteiger partial charge < -0.3 is 4.74 Å². The van der Waals surface area contributed by atoms with Gasteiger partial charge in [-0.05, 0) is 17.7 Å². The van der Waals surface area contributed by atoms with Crippen LogP contribution in [0.15, 0.2) is 29.2 Å². The number of methoxy groups -OCH3 is 1. The van der Waals surface area contributed by atoms with Crippen LogP contribution in [0.2, 0.25) is 0 Å². The van der Waals surface area contributed by atoms with Gasteiger partial charge in [-0.3, -0.25) is 4.21 Å². The molecule has 0 aliphatic heterocycles. The Morgan fingerprint density at radius 3 is 2.33 bits per heavy atom. The lowest BCUT2D eigenvalue weighted by Crippen LogP contribution is -1.90. The van der Waals surface area contributed by atoms with E-state index in [1.54, 1.807) is 13.4 Å². The van der Waals surface area contributed by atoms with Crippen LogP contribution >= 0.6 is 0 Å². The molecule has 0 aromatic heterocycles. The van der Waals surface area contributed by atoms with E-state index in [1.807, 2.05) is 24.3 Å². The molecule has 0 saturated carbocycles. The second-order valence-corrected chi connectivity index (χ2v) is 3.91. The molecule has 0 heterocycles. The van der Waals surface area contributed by atoms with Crippen molar-refractivity contribution in [2.24, 2.45) is 0 Å². The van der Waals surface area contributed by atoms with E-state index in [1.165, 1.54) is 0 Å². The van der Waals surface area contributed by atoms with Crippen LogP contribution in [0, 0.1) is 0 Å². The van der Waals surface area contributed by atoms with Crippen LogP contribution in [-0.4, -0.2) is 17.6 Å². The number of hydrogen-bond acceptors (Lipinski definition) is 2. The van der Waals surface area contributed by atoms with Gasteiger partial charge in [-0.2, -0.15) is 0 Å². The average Bonchev–Trinajstić information content (AvgIpc) is 2.06. The summed E-state index contributed by atoms with van der Waals surface area (Å²) in [5, 5.41) is 0. The molecule has 0 amide bonds. The maximum Gasteiger partial charge on any atom is 0.0713 e. The van der Waals surface area contributed by atoms with E-state index in [4.69, 9.17) is 4.74 Å². The molecule has 0 radical (unpaired) electrons. The van der Waals surface area contributed by atoms with E-state index >= 15 is 0 Å². The quantitative estimate of drug-likeness (QED) is 0.712. The molecule has 1 rings (SSSR count). The van der Waals surface area contributed by atoms with Crippen LogP contribution in [0.3, 0.4) is 0 Å². The van der Waals surface area contributed by atoms with Gasteiger partial charge in [0.1, 0.15) is 0 Å². The fourth-order valence-corrected chi connectivity index (χ4v) is 1.46. The molecule has 0 N–H and O–H groups in total. The highest BCUT2D eigenvalue weighted by Gasteiger charge is 1.96. The van der Waals surface area contributed by atoms with Crippen LogP contribution in [0.5, 0.6) is 0 Å². The van der Waals surface area contributed by atoms with E-state index in [2.05, 4.69) is 0 Å². The molecule has 0 bridgehead atoms. The highest BCUT2D eigenvalue weighted by Crippen LogP contribution is 2.07. The summed E-state index contributed by atoms with van der Waals surface area (Å²) in [6, 6.07) is 7.59. The fraction of sp³-hybridized carbons (Fsp3) is 0.333. The molecular weight excluding hydrogens is 172 g/mol. The molecule has 0 aliphatic carbocycles. The maximum atomic E-state index is 11.0. The van der Waals surface area contributed by atoms with Crippen LogP contribution in [0.4, 0.5) is 0 Å². The highest BCUT2D eigenvalue weighted by atomic mass is 32.2. The van der Waals surface area contributed by atoms with Crippen molar-refractivity contribution in [3.63, 3.8) is 0 Å². The Kier molecular flexibility index (Phi) is 3.44. The fourth-order valence-electron chi connectivity index (χ4n) is 0.944. The lowest BCUT2D eigenvalue weighted by molar-refractivity contribution is 0.185. The third-order valence-electron chi connectivity index (χ3n) is 1.57. The van der Waals surface area contributed by atoms with Crippen molar-refractivity contribution < 1.29 is 8.95 Å². The van der Waals surface area contributed by atoms with Crippen molar-refractivity contribution in [2.75, 3.05) is 13.4 Å². The zero-order valence-corrected chi connectivity index (χ0v) is 8.06. The van der Waals surface area contributed by atoms with Gasteiger partial charge in [0.2, 0.25) is 0 Å². The molecule has 1 aromatic carbocycles. The molecule has 12 heavy (non-hydrogen) atoms. The van der Waals surface area contributed by atoms with Gasteiger partial charge >= 0.3 is 0 Å². The summed E-state index contributed by atoms with van der Waals surface area (Å²) in [5.74, 6) is 0. The Balaban J connectivity index is 2.78. The molecule has 0 saturated heterocycles. The lowest BCUT2D eigenvalue weighted by atomic mass is 10.2. The Labute approximate surface area is 75.0 Å². The van der Waals surface area contributed by atoms with Crippen LogP contribution < -0.4 is 0 Å². The van der Waals surface area contributed by atoms with Crippen LogP contribution in [0.25, 0.3) is 0 Å². The first-order chi connectivity index (χ1) is 5.74. The molecule has 0 unspecified atom stereocenters. The summed E-state index contributed by atoms with van der Waals surface area (Å²) in [4.78, 5) is 0.856. The second-order valence-electron chi connectivity index (χ2n) is 2.53. The minimum absolute atomic E-state index is 0.608. The Hall–Kier alpha value is -0.670. The van der Waals surface area contributed by atoms with Crippen molar-refractivity contribution in [3.8, 4) is 0 Å². The van der Waals surface area contributed by atoms with Crippen molar-refractivity contribution in [1.29, 1.82) is 0 Å². The molecule has 0 spiro atoms. The molecule has 0 fully saturated rings. The summed E-state index contributed by atoms with van der Waals surface area (Å²) in [6.07, 6.45) is 1.67. The molecule has 3 heteroatoms. The number of hydrogen-bond donors (Lipinski definition) is 0. The normalized spacial score (nSPS) is 12.8. The summed E-state index contributed by atoms with van der Waals surface area (Å²) in [5.41, 5.74) is 1.10. The monoisotopic (exact) mass is 184 g/mol. The van der Waals surface area contributed by atoms with E-state index in [0.29, 0.717) is 6.61 Å². The molecule has 2 nitrogen and oxygen atoms in total. The first-order valence-corrected chi connectivity index (χ1v) is 5.21. The second kappa shape index (κ2) is 4.38. The average molecular weight is 184 g/mol. The van der Waals surface area contributed by atoms with Gasteiger partial charge in [0.05, 0.1) is 6.61 Å². The van der Waals surface area contributed by atoms with E-state index in [0.717, 1.165) is 10.5 Å². The van der Waals surface area contributed by atoms with Gasteiger partial charge in [0.25, 0.3) is 0 Å². The van der Waals surface area contributed by atoms with Crippen LogP contribution in [0.1, 0.15) is 5.56 Å². The van der Waals surface area contributed by atoms with Gasteiger partial charge in [-0.25, -0.2) is 0 Å². The van der Waals surface area contributed by atoms with Gasteiger partial charge in [0.15, 0.2) is 0 Å². The minimum atomic E-state index is -0.882. The summed E-state index contributed by atoms with van der Waals surface area (Å²) >= 11 is 0. The number of benzene rings is 1. The highest BCUT2D eigenvalue weighted by molar-refractivity contribution is 7.84. The SMILES string of the molecule is COCc1ccc([S@@](C)=O)cc1. The van der Waals surface area contributed by atoms with Crippen molar-refractivity contribution >= 4 is 10.8 Å². The number of rotatable bonds is 3. The molecule has 0 aliphatic rings. The van der Waals surface area contributed by atoms with Crippen molar-refractivity contribution in [3.05, 3.63) is 29.8 Å². The zero-order chi connectivity index (χ0) is 8.97. The Morgan fingerprint density at radius 1 is 1.33 bits per heavy atom. The van der Waals surface area contributed by atoms with Crippen molar-refractivity contribution in [2.45, 2.75) is 11.5 Å². The van der Waals surface area contributed by atoms with E-state index in [9.17, 15) is 4.21 Å². The predicted octanol–water partition coefficient (Wildman–Crippen LogP) is 1.57. The Morgan fingerprint density at radius 2 is 1.92 bits per heavy atom. The minimum Gasteiger partial charge on any atom is -0.380 e. The molecular formula is C9H12O2S. The van der Waals surface area contributed by atoms with E-state index in [-0.39, 0.29) is 0 Å². The number of ether oxygens (including phenoxy) is 1. The summed E-state index contributed by atoms with van der Waals surface area (Å²) < 4.78 is 15.9. The molecule has 1 aromatic rings. The standard InChI is InChI=1S/C9H12O2S/c1-11-7-8-3-5-9(6-4-8)12(2)10/h3-6H,7H2,1-2H3/t12-/m1/s1. The maximum absolute atomic E-state index is 11.0.